The summed E-state index contributed by atoms with van der Waals surface area (Å²) in [5.41, 5.74) is 0. The van der Waals surface area contributed by atoms with E-state index in [2.05, 4.69) is 0 Å². The van der Waals surface area contributed by atoms with Crippen molar-refractivity contribution in [1.82, 2.24) is 0 Å². The maximum absolute atomic E-state index is 9.00. The molecule has 4 heteroatoms. The first-order valence-corrected chi connectivity index (χ1v) is 3.33. The molecule has 1 aliphatic heterocycles. The Balaban J connectivity index is 2.41. The van der Waals surface area contributed by atoms with Crippen LogP contribution in [-0.4, -0.2) is 41.0 Å². The van der Waals surface area contributed by atoms with E-state index in [9.17, 15) is 0 Å². The van der Waals surface area contributed by atoms with Crippen LogP contribution in [-0.2, 0) is 4.74 Å². The molecule has 0 unspecified atom stereocenters. The van der Waals surface area contributed by atoms with Gasteiger partial charge in [-0.05, 0) is 0 Å². The molecule has 3 atom stereocenters. The minimum atomic E-state index is -0.803. The zero-order valence-electron chi connectivity index (χ0n) is 4.83. The molecule has 1 heterocycles. The smallest absolute Gasteiger partial charge is 0.109 e. The van der Waals surface area contributed by atoms with Crippen molar-refractivity contribution in [3.8, 4) is 0 Å². The molecule has 0 aromatic carbocycles. The molecule has 3 nitrogen and oxygen atoms in total. The van der Waals surface area contributed by atoms with Gasteiger partial charge in [-0.25, -0.2) is 0 Å². The van der Waals surface area contributed by atoms with Crippen LogP contribution in [0, 0.1) is 0 Å². The molecule has 0 aromatic rings. The number of rotatable bonds is 1. The van der Waals surface area contributed by atoms with Crippen molar-refractivity contribution in [2.45, 2.75) is 18.3 Å². The van der Waals surface area contributed by atoms with Gasteiger partial charge in [0.05, 0.1) is 18.6 Å². The van der Waals surface area contributed by atoms with Gasteiger partial charge in [0.1, 0.15) is 12.2 Å². The normalized spacial score (nSPS) is 43.7. The van der Waals surface area contributed by atoms with Crippen LogP contribution in [0.1, 0.15) is 0 Å². The fourth-order valence-electron chi connectivity index (χ4n) is 0.803. The Kier molecular flexibility index (Phi) is 2.29. The summed E-state index contributed by atoms with van der Waals surface area (Å²) in [5, 5.41) is 17.9. The Morgan fingerprint density at radius 2 is 2.22 bits per heavy atom. The van der Waals surface area contributed by atoms with E-state index in [4.69, 9.17) is 26.6 Å². The van der Waals surface area contributed by atoms with Gasteiger partial charge in [-0.3, -0.25) is 0 Å². The average Bonchev–Trinajstić information content (AvgIpc) is 2.15. The Bertz CT molecular complexity index is 98.2. The van der Waals surface area contributed by atoms with Crippen molar-refractivity contribution in [3.63, 3.8) is 0 Å². The summed E-state index contributed by atoms with van der Waals surface area (Å²) in [6.45, 7) is 0.193. The maximum atomic E-state index is 9.00. The third kappa shape index (κ3) is 1.35. The van der Waals surface area contributed by atoms with Crippen LogP contribution in [0.5, 0.6) is 0 Å². The molecule has 0 bridgehead atoms. The largest absolute Gasteiger partial charge is 0.388 e. The lowest BCUT2D eigenvalue weighted by atomic mass is 10.2. The van der Waals surface area contributed by atoms with Gasteiger partial charge in [0, 0.05) is 0 Å². The average molecular weight is 153 g/mol. The molecule has 0 amide bonds. The van der Waals surface area contributed by atoms with E-state index in [1.807, 2.05) is 0 Å². The summed E-state index contributed by atoms with van der Waals surface area (Å²) >= 11 is 5.37. The summed E-state index contributed by atoms with van der Waals surface area (Å²) in [6, 6.07) is 0. The fraction of sp³-hybridized carbons (Fsp3) is 1.00. The van der Waals surface area contributed by atoms with Crippen LogP contribution in [0.25, 0.3) is 0 Å². The molecular weight excluding hydrogens is 144 g/mol. The van der Waals surface area contributed by atoms with Gasteiger partial charge in [-0.15, -0.1) is 11.6 Å². The Morgan fingerprint density at radius 3 is 2.44 bits per heavy atom. The van der Waals surface area contributed by atoms with E-state index in [0.29, 0.717) is 0 Å². The van der Waals surface area contributed by atoms with Crippen LogP contribution in [0.3, 0.4) is 0 Å². The molecular formula is C5H9ClO3. The highest BCUT2D eigenvalue weighted by Crippen LogP contribution is 2.14. The maximum Gasteiger partial charge on any atom is 0.109 e. The summed E-state index contributed by atoms with van der Waals surface area (Å²) in [6.07, 6.45) is -1.95. The van der Waals surface area contributed by atoms with E-state index >= 15 is 0 Å². The predicted molar refractivity (Wildman–Crippen MR) is 32.5 cm³/mol. The van der Waals surface area contributed by atoms with E-state index in [1.54, 1.807) is 0 Å². The van der Waals surface area contributed by atoms with Crippen molar-refractivity contribution >= 4 is 11.6 Å². The number of ether oxygens (including phenoxy) is 1. The first kappa shape index (κ1) is 7.28. The lowest BCUT2D eigenvalue weighted by Gasteiger charge is -2.09. The molecule has 1 rings (SSSR count). The lowest BCUT2D eigenvalue weighted by Crippen LogP contribution is -2.30. The molecule has 0 saturated carbocycles. The third-order valence-corrected chi connectivity index (χ3v) is 1.71. The molecule has 1 aliphatic rings. The van der Waals surface area contributed by atoms with Crippen LogP contribution in [0.4, 0.5) is 0 Å². The first-order valence-electron chi connectivity index (χ1n) is 2.79. The van der Waals surface area contributed by atoms with E-state index < -0.39 is 12.2 Å². The van der Waals surface area contributed by atoms with Gasteiger partial charge in [0.2, 0.25) is 0 Å². The number of hydrogen-bond donors (Lipinski definition) is 2. The Morgan fingerprint density at radius 1 is 1.56 bits per heavy atom. The van der Waals surface area contributed by atoms with Gasteiger partial charge in [0.25, 0.3) is 0 Å². The van der Waals surface area contributed by atoms with Crippen molar-refractivity contribution in [3.05, 3.63) is 0 Å². The van der Waals surface area contributed by atoms with Crippen LogP contribution < -0.4 is 0 Å². The summed E-state index contributed by atoms with van der Waals surface area (Å²) in [5.74, 6) is 0.234. The number of aliphatic hydroxyl groups is 2. The quantitative estimate of drug-likeness (QED) is 0.491. The first-order chi connectivity index (χ1) is 4.25. The van der Waals surface area contributed by atoms with Crippen LogP contribution in [0.15, 0.2) is 0 Å². The van der Waals surface area contributed by atoms with E-state index in [-0.39, 0.29) is 18.6 Å². The Labute approximate surface area is 58.2 Å². The van der Waals surface area contributed by atoms with Gasteiger partial charge in [-0.2, -0.15) is 0 Å². The summed E-state index contributed by atoms with van der Waals surface area (Å²) in [7, 11) is 0. The van der Waals surface area contributed by atoms with Gasteiger partial charge < -0.3 is 14.9 Å². The number of hydrogen-bond acceptors (Lipinski definition) is 3. The highest BCUT2D eigenvalue weighted by Gasteiger charge is 2.33. The number of aliphatic hydroxyl groups excluding tert-OH is 2. The summed E-state index contributed by atoms with van der Waals surface area (Å²) in [4.78, 5) is 0. The van der Waals surface area contributed by atoms with Gasteiger partial charge in [-0.1, -0.05) is 0 Å². The summed E-state index contributed by atoms with van der Waals surface area (Å²) < 4.78 is 4.89. The zero-order chi connectivity index (χ0) is 6.85. The lowest BCUT2D eigenvalue weighted by molar-refractivity contribution is 0.0332. The van der Waals surface area contributed by atoms with Gasteiger partial charge >= 0.3 is 0 Å². The molecule has 0 radical (unpaired) electrons. The fourth-order valence-corrected chi connectivity index (χ4v) is 1.07. The molecule has 1 saturated heterocycles. The second-order valence-corrected chi connectivity index (χ2v) is 2.39. The molecule has 1 fully saturated rings. The van der Waals surface area contributed by atoms with Crippen LogP contribution in [0.2, 0.25) is 0 Å². The van der Waals surface area contributed by atoms with Gasteiger partial charge in [0.15, 0.2) is 0 Å². The van der Waals surface area contributed by atoms with Crippen molar-refractivity contribution in [1.29, 1.82) is 0 Å². The molecule has 54 valence electrons. The minimum Gasteiger partial charge on any atom is -0.388 e. The molecule has 0 aromatic heterocycles. The highest BCUT2D eigenvalue weighted by atomic mass is 35.5. The minimum absolute atomic E-state index is 0.193. The standard InChI is InChI=1S/C5H9ClO3/c6-1-4-5(8)3(7)2-9-4/h3-5,7-8H,1-2H2/t3-,4+,5-/m1/s1. The van der Waals surface area contributed by atoms with Crippen molar-refractivity contribution < 1.29 is 14.9 Å². The second kappa shape index (κ2) is 2.84. The number of halogens is 1. The van der Waals surface area contributed by atoms with Crippen LogP contribution >= 0.6 is 11.6 Å². The van der Waals surface area contributed by atoms with Crippen molar-refractivity contribution in [2.24, 2.45) is 0 Å². The molecule has 2 N–H and O–H groups in total. The number of alkyl halides is 1. The molecule has 0 spiro atoms. The van der Waals surface area contributed by atoms with E-state index in [1.165, 1.54) is 0 Å². The molecule has 0 aliphatic carbocycles. The highest BCUT2D eigenvalue weighted by molar-refractivity contribution is 6.18. The van der Waals surface area contributed by atoms with E-state index in [0.717, 1.165) is 0 Å². The monoisotopic (exact) mass is 152 g/mol. The second-order valence-electron chi connectivity index (χ2n) is 2.08. The predicted octanol–water partition coefficient (Wildman–Crippen LogP) is -0.654. The van der Waals surface area contributed by atoms with Crippen molar-refractivity contribution in [2.75, 3.05) is 12.5 Å². The zero-order valence-corrected chi connectivity index (χ0v) is 5.58. The SMILES string of the molecule is O[C@@H]1[C@H](O)CO[C@H]1CCl. The Hall–Kier alpha value is 0.170. The third-order valence-electron chi connectivity index (χ3n) is 1.41. The topological polar surface area (TPSA) is 49.7 Å². The molecule has 9 heavy (non-hydrogen) atoms.